The van der Waals surface area contributed by atoms with E-state index in [2.05, 4.69) is 30.6 Å². The number of aryl methyl sites for hydroxylation is 1. The van der Waals surface area contributed by atoms with Crippen LogP contribution in [0.15, 0.2) is 54.6 Å². The van der Waals surface area contributed by atoms with Crippen LogP contribution in [0.5, 0.6) is 5.88 Å². The van der Waals surface area contributed by atoms with Crippen molar-refractivity contribution in [1.29, 1.82) is 0 Å². The van der Waals surface area contributed by atoms with Crippen molar-refractivity contribution < 1.29 is 22.7 Å². The highest BCUT2D eigenvalue weighted by atomic mass is 19.3. The van der Waals surface area contributed by atoms with Gasteiger partial charge in [-0.1, -0.05) is 6.07 Å². The Morgan fingerprint density at radius 1 is 1.00 bits per heavy atom. The highest BCUT2D eigenvalue weighted by Crippen LogP contribution is 2.39. The second-order valence-electron chi connectivity index (χ2n) is 8.53. The maximum atomic E-state index is 13.7. The Kier molecular flexibility index (Phi) is 8.67. The van der Waals surface area contributed by atoms with Crippen molar-refractivity contribution in [2.24, 2.45) is 0 Å². The lowest BCUT2D eigenvalue weighted by molar-refractivity contribution is -0.119. The Morgan fingerprint density at radius 3 is 2.46 bits per heavy atom. The predicted octanol–water partition coefficient (Wildman–Crippen LogP) is 3.98. The van der Waals surface area contributed by atoms with E-state index < -0.39 is 17.9 Å². The molecule has 9 nitrogen and oxygen atoms in total. The predicted molar refractivity (Wildman–Crippen MR) is 139 cm³/mol. The fourth-order valence-corrected chi connectivity index (χ4v) is 3.83. The number of halogens is 3. The first-order valence-corrected chi connectivity index (χ1v) is 11.9. The van der Waals surface area contributed by atoms with Gasteiger partial charge >= 0.3 is 0 Å². The van der Waals surface area contributed by atoms with Gasteiger partial charge in [0.25, 0.3) is 6.43 Å². The van der Waals surface area contributed by atoms with Crippen LogP contribution < -0.4 is 21.1 Å². The maximum absolute atomic E-state index is 13.7. The third-order valence-electron chi connectivity index (χ3n) is 5.59. The van der Waals surface area contributed by atoms with Gasteiger partial charge in [0, 0.05) is 24.8 Å². The number of aromatic nitrogens is 4. The fourth-order valence-electron chi connectivity index (χ4n) is 3.83. The number of rotatable bonds is 10. The highest BCUT2D eigenvalue weighted by molar-refractivity contribution is 5.85. The maximum Gasteiger partial charge on any atom is 0.280 e. The number of anilines is 1. The number of nitrogen functional groups attached to an aromatic ring is 1. The molecule has 12 heteroatoms. The lowest BCUT2D eigenvalue weighted by Crippen LogP contribution is -2.31. The average Bonchev–Trinajstić information content (AvgIpc) is 2.91. The summed E-state index contributed by atoms with van der Waals surface area (Å²) in [5.41, 5.74) is 8.58. The van der Waals surface area contributed by atoms with E-state index in [1.807, 2.05) is 0 Å². The number of nitrogens with two attached hydrogens (primary N) is 1. The largest absolute Gasteiger partial charge is 0.471 e. The van der Waals surface area contributed by atoms with Crippen molar-refractivity contribution >= 4 is 11.9 Å². The van der Waals surface area contributed by atoms with E-state index in [1.165, 1.54) is 30.3 Å². The number of nitrogens with zero attached hydrogens (tertiary/aromatic N) is 4. The number of pyridine rings is 2. The minimum Gasteiger partial charge on any atom is -0.471 e. The number of hydrogen-bond donors (Lipinski definition) is 3. The third-order valence-corrected chi connectivity index (χ3v) is 5.59. The van der Waals surface area contributed by atoms with Crippen molar-refractivity contribution in [2.45, 2.75) is 26.5 Å². The van der Waals surface area contributed by atoms with Crippen LogP contribution in [0.4, 0.5) is 19.1 Å². The molecule has 3 aromatic heterocycles. The van der Waals surface area contributed by atoms with Crippen molar-refractivity contribution in [3.8, 4) is 28.3 Å². The molecule has 0 radical (unpaired) electrons. The summed E-state index contributed by atoms with van der Waals surface area (Å²) in [6, 6.07) is 13.7. The van der Waals surface area contributed by atoms with E-state index in [-0.39, 0.29) is 36.6 Å². The molecule has 202 valence electrons. The smallest absolute Gasteiger partial charge is 0.280 e. The van der Waals surface area contributed by atoms with E-state index in [0.29, 0.717) is 40.3 Å². The van der Waals surface area contributed by atoms with Crippen LogP contribution >= 0.6 is 0 Å². The summed E-state index contributed by atoms with van der Waals surface area (Å²) >= 11 is 0. The fraction of sp³-hybridized carbons (Fsp3) is 0.222. The number of carbonyl (C=O) groups is 1. The SMILES string of the molecule is CNC(=O)CNCc1cccc(COc2nc(N)nc(-c3ccc(F)cc3)c2-c2cc(C)nc(C(F)F)c2)n1. The van der Waals surface area contributed by atoms with E-state index in [1.54, 1.807) is 38.2 Å². The first-order chi connectivity index (χ1) is 18.7. The van der Waals surface area contributed by atoms with Crippen LogP contribution in [0, 0.1) is 12.7 Å². The van der Waals surface area contributed by atoms with Gasteiger partial charge in [0.1, 0.15) is 18.1 Å². The van der Waals surface area contributed by atoms with Crippen LogP contribution in [-0.2, 0) is 17.9 Å². The number of likely N-dealkylation sites (N-methyl/N-ethyl adjacent to an activating group) is 1. The zero-order chi connectivity index (χ0) is 27.9. The zero-order valence-corrected chi connectivity index (χ0v) is 21.2. The molecule has 0 fully saturated rings. The van der Waals surface area contributed by atoms with Gasteiger partial charge in [0.15, 0.2) is 0 Å². The van der Waals surface area contributed by atoms with Gasteiger partial charge in [-0.15, -0.1) is 0 Å². The molecule has 0 spiro atoms. The summed E-state index contributed by atoms with van der Waals surface area (Å²) in [6.45, 7) is 2.07. The molecule has 0 aliphatic carbocycles. The number of amides is 1. The van der Waals surface area contributed by atoms with Gasteiger partial charge in [0.2, 0.25) is 17.7 Å². The number of nitrogens with one attached hydrogen (secondary N) is 2. The monoisotopic (exact) mass is 537 g/mol. The van der Waals surface area contributed by atoms with Gasteiger partial charge in [-0.25, -0.2) is 18.2 Å². The Bertz CT molecular complexity index is 1470. The van der Waals surface area contributed by atoms with E-state index in [4.69, 9.17) is 10.5 Å². The Labute approximate surface area is 222 Å². The number of benzene rings is 1. The molecule has 1 amide bonds. The van der Waals surface area contributed by atoms with Gasteiger partial charge < -0.3 is 21.1 Å². The molecule has 0 aliphatic rings. The molecule has 0 aliphatic heterocycles. The number of carbonyl (C=O) groups excluding carboxylic acids is 1. The lowest BCUT2D eigenvalue weighted by Gasteiger charge is -2.16. The third kappa shape index (κ3) is 7.05. The van der Waals surface area contributed by atoms with Crippen LogP contribution in [0.25, 0.3) is 22.4 Å². The lowest BCUT2D eigenvalue weighted by atomic mass is 9.99. The summed E-state index contributed by atoms with van der Waals surface area (Å²) in [7, 11) is 1.55. The van der Waals surface area contributed by atoms with Crippen molar-refractivity contribution in [2.75, 3.05) is 19.3 Å². The molecule has 4 N–H and O–H groups in total. The quantitative estimate of drug-likeness (QED) is 0.277. The second kappa shape index (κ2) is 12.3. The second-order valence-corrected chi connectivity index (χ2v) is 8.53. The Hall–Kier alpha value is -4.58. The summed E-state index contributed by atoms with van der Waals surface area (Å²) < 4.78 is 46.9. The summed E-state index contributed by atoms with van der Waals surface area (Å²) in [5, 5.41) is 5.52. The number of hydrogen-bond acceptors (Lipinski definition) is 8. The van der Waals surface area contributed by atoms with Gasteiger partial charge in [-0.2, -0.15) is 4.98 Å². The molecule has 0 atom stereocenters. The average molecular weight is 538 g/mol. The molecule has 0 bridgehead atoms. The summed E-state index contributed by atoms with van der Waals surface area (Å²) in [4.78, 5) is 28.5. The highest BCUT2D eigenvalue weighted by Gasteiger charge is 2.22. The van der Waals surface area contributed by atoms with Crippen LogP contribution in [-0.4, -0.2) is 39.4 Å². The van der Waals surface area contributed by atoms with E-state index >= 15 is 0 Å². The Morgan fingerprint density at radius 2 is 1.74 bits per heavy atom. The van der Waals surface area contributed by atoms with Crippen LogP contribution in [0.1, 0.15) is 29.2 Å². The number of alkyl halides is 2. The van der Waals surface area contributed by atoms with Crippen LogP contribution in [0.3, 0.4) is 0 Å². The van der Waals surface area contributed by atoms with E-state index in [0.717, 1.165) is 0 Å². The molecule has 0 saturated heterocycles. The van der Waals surface area contributed by atoms with Crippen molar-refractivity contribution in [1.82, 2.24) is 30.6 Å². The topological polar surface area (TPSA) is 128 Å². The molecule has 4 rings (SSSR count). The zero-order valence-electron chi connectivity index (χ0n) is 21.2. The molecule has 0 saturated carbocycles. The summed E-state index contributed by atoms with van der Waals surface area (Å²) in [5.74, 6) is -0.679. The first-order valence-electron chi connectivity index (χ1n) is 11.9. The molecule has 4 aromatic rings. The minimum atomic E-state index is -2.80. The van der Waals surface area contributed by atoms with Crippen LogP contribution in [0.2, 0.25) is 0 Å². The number of ether oxygens (including phenoxy) is 1. The van der Waals surface area contributed by atoms with Gasteiger partial charge in [-0.3, -0.25) is 14.8 Å². The van der Waals surface area contributed by atoms with E-state index in [9.17, 15) is 18.0 Å². The summed E-state index contributed by atoms with van der Waals surface area (Å²) in [6.07, 6.45) is -2.80. The Balaban J connectivity index is 1.71. The standard InChI is InChI=1S/C27H26F3N7O2/c1-15-10-17(11-21(34-15)25(29)30)23-24(16-6-8-18(28)9-7-16)36-27(31)37-26(23)39-14-20-5-3-4-19(35-20)12-33-13-22(38)32-2/h3-11,25,33H,12-14H2,1-2H3,(H,32,38)(H2,31,36,37). The first kappa shape index (κ1) is 27.5. The van der Waals surface area contributed by atoms with Crippen molar-refractivity contribution in [3.63, 3.8) is 0 Å². The molecular weight excluding hydrogens is 511 g/mol. The molecule has 0 unspecified atom stereocenters. The molecule has 39 heavy (non-hydrogen) atoms. The molecule has 1 aromatic carbocycles. The minimum absolute atomic E-state index is 0.0264. The van der Waals surface area contributed by atoms with Gasteiger partial charge in [0.05, 0.1) is 29.2 Å². The normalized spacial score (nSPS) is 11.0. The molecule has 3 heterocycles. The molecular formula is C27H26F3N7O2. The van der Waals surface area contributed by atoms with Crippen molar-refractivity contribution in [3.05, 3.63) is 83.2 Å². The van der Waals surface area contributed by atoms with Gasteiger partial charge in [-0.05, 0) is 61.0 Å².